The zero-order valence-electron chi connectivity index (χ0n) is 8.32. The van der Waals surface area contributed by atoms with E-state index in [0.29, 0.717) is 12.0 Å². The molecule has 0 atom stereocenters. The molecule has 0 amide bonds. The van der Waals surface area contributed by atoms with Gasteiger partial charge in [-0.25, -0.2) is 0 Å². The molecule has 2 N–H and O–H groups in total. The van der Waals surface area contributed by atoms with Gasteiger partial charge in [-0.3, -0.25) is 0 Å². The topological polar surface area (TPSA) is 62.7 Å². The van der Waals surface area contributed by atoms with Gasteiger partial charge in [0.05, 0.1) is 6.20 Å². The maximum absolute atomic E-state index is 4.29. The zero-order chi connectivity index (χ0) is 9.80. The predicted octanol–water partition coefficient (Wildman–Crippen LogP) is 1.27. The van der Waals surface area contributed by atoms with Gasteiger partial charge >= 0.3 is 0 Å². The molecule has 0 saturated heterocycles. The molecule has 1 aromatic rings. The van der Waals surface area contributed by atoms with Gasteiger partial charge in [0.15, 0.2) is 5.82 Å². The molecule has 5 heteroatoms. The second-order valence-electron chi connectivity index (χ2n) is 3.51. The first-order valence-corrected chi connectivity index (χ1v) is 5.08. The second kappa shape index (κ2) is 4.21. The highest BCUT2D eigenvalue weighted by atomic mass is 15.3. The molecule has 14 heavy (non-hydrogen) atoms. The molecule has 1 aliphatic rings. The van der Waals surface area contributed by atoms with E-state index in [9.17, 15) is 0 Å². The minimum atomic E-state index is 0.603. The van der Waals surface area contributed by atoms with Crippen LogP contribution in [-0.2, 0) is 0 Å². The van der Waals surface area contributed by atoms with Crippen LogP contribution in [0.5, 0.6) is 0 Å². The summed E-state index contributed by atoms with van der Waals surface area (Å²) in [5.41, 5.74) is 0. The molecule has 1 fully saturated rings. The standard InChI is InChI=1S/C9H15N5/c1-2-5-10-9-13-8(6-11-14-9)12-7-3-4-7/h6-7H,2-5H2,1H3,(H2,10,12,13,14). The first kappa shape index (κ1) is 9.18. The molecule has 0 unspecified atom stereocenters. The van der Waals surface area contributed by atoms with Gasteiger partial charge in [-0.05, 0) is 19.3 Å². The number of nitrogens with zero attached hydrogens (tertiary/aromatic N) is 3. The Balaban J connectivity index is 1.94. The van der Waals surface area contributed by atoms with Gasteiger partial charge in [-0.2, -0.15) is 10.1 Å². The van der Waals surface area contributed by atoms with Crippen LogP contribution < -0.4 is 10.6 Å². The Morgan fingerprint density at radius 2 is 2.36 bits per heavy atom. The molecule has 1 aliphatic carbocycles. The summed E-state index contributed by atoms with van der Waals surface area (Å²) < 4.78 is 0. The minimum Gasteiger partial charge on any atom is -0.366 e. The predicted molar refractivity (Wildman–Crippen MR) is 55.3 cm³/mol. The Kier molecular flexibility index (Phi) is 2.76. The third kappa shape index (κ3) is 2.55. The molecular weight excluding hydrogens is 178 g/mol. The van der Waals surface area contributed by atoms with Crippen molar-refractivity contribution in [3.8, 4) is 0 Å². The molecule has 0 spiro atoms. The third-order valence-electron chi connectivity index (χ3n) is 2.02. The van der Waals surface area contributed by atoms with E-state index in [0.717, 1.165) is 18.8 Å². The van der Waals surface area contributed by atoms with Gasteiger partial charge < -0.3 is 10.6 Å². The van der Waals surface area contributed by atoms with E-state index < -0.39 is 0 Å². The van der Waals surface area contributed by atoms with E-state index in [4.69, 9.17) is 0 Å². The maximum atomic E-state index is 4.29. The van der Waals surface area contributed by atoms with Crippen molar-refractivity contribution >= 4 is 11.8 Å². The molecule has 1 heterocycles. The summed E-state index contributed by atoms with van der Waals surface area (Å²) >= 11 is 0. The average molecular weight is 193 g/mol. The number of hydrogen-bond acceptors (Lipinski definition) is 5. The van der Waals surface area contributed by atoms with Gasteiger partial charge in [0.2, 0.25) is 5.95 Å². The normalized spacial score (nSPS) is 15.2. The van der Waals surface area contributed by atoms with Crippen molar-refractivity contribution < 1.29 is 0 Å². The molecule has 1 saturated carbocycles. The Hall–Kier alpha value is -1.39. The third-order valence-corrected chi connectivity index (χ3v) is 2.02. The highest BCUT2D eigenvalue weighted by molar-refractivity contribution is 5.38. The van der Waals surface area contributed by atoms with Gasteiger partial charge in [-0.15, -0.1) is 5.10 Å². The van der Waals surface area contributed by atoms with Crippen molar-refractivity contribution in [1.82, 2.24) is 15.2 Å². The lowest BCUT2D eigenvalue weighted by atomic mass is 10.5. The molecule has 0 aliphatic heterocycles. The van der Waals surface area contributed by atoms with Crippen LogP contribution in [0.15, 0.2) is 6.20 Å². The number of aromatic nitrogens is 3. The monoisotopic (exact) mass is 193 g/mol. The number of anilines is 2. The first-order valence-electron chi connectivity index (χ1n) is 5.08. The van der Waals surface area contributed by atoms with Crippen LogP contribution in [-0.4, -0.2) is 27.8 Å². The highest BCUT2D eigenvalue weighted by Crippen LogP contribution is 2.23. The molecule has 0 radical (unpaired) electrons. The Morgan fingerprint density at radius 1 is 1.50 bits per heavy atom. The van der Waals surface area contributed by atoms with Crippen LogP contribution in [0.1, 0.15) is 26.2 Å². The molecule has 5 nitrogen and oxygen atoms in total. The highest BCUT2D eigenvalue weighted by Gasteiger charge is 2.21. The summed E-state index contributed by atoms with van der Waals surface area (Å²) in [4.78, 5) is 4.29. The Labute approximate surface area is 83.3 Å². The summed E-state index contributed by atoms with van der Waals surface area (Å²) in [7, 11) is 0. The van der Waals surface area contributed by atoms with Crippen molar-refractivity contribution in [3.05, 3.63) is 6.20 Å². The Bertz CT molecular complexity index is 297. The number of hydrogen-bond donors (Lipinski definition) is 2. The fraction of sp³-hybridized carbons (Fsp3) is 0.667. The number of nitrogens with one attached hydrogen (secondary N) is 2. The van der Waals surface area contributed by atoms with Crippen molar-refractivity contribution in [3.63, 3.8) is 0 Å². The molecular formula is C9H15N5. The lowest BCUT2D eigenvalue weighted by molar-refractivity contribution is 0.907. The summed E-state index contributed by atoms with van der Waals surface area (Å²) in [6.07, 6.45) is 5.20. The summed E-state index contributed by atoms with van der Waals surface area (Å²) in [5, 5.41) is 14.2. The fourth-order valence-electron chi connectivity index (χ4n) is 1.12. The molecule has 76 valence electrons. The zero-order valence-corrected chi connectivity index (χ0v) is 8.32. The molecule has 2 rings (SSSR count). The lowest BCUT2D eigenvalue weighted by Gasteiger charge is -2.05. The van der Waals surface area contributed by atoms with E-state index >= 15 is 0 Å². The first-order chi connectivity index (χ1) is 6.88. The van der Waals surface area contributed by atoms with E-state index in [2.05, 4.69) is 32.7 Å². The van der Waals surface area contributed by atoms with Crippen LogP contribution in [0.4, 0.5) is 11.8 Å². The van der Waals surface area contributed by atoms with Gasteiger partial charge in [-0.1, -0.05) is 6.92 Å². The molecule has 1 aromatic heterocycles. The SMILES string of the molecule is CCCNc1nncc(NC2CC2)n1. The van der Waals surface area contributed by atoms with Gasteiger partial charge in [0.1, 0.15) is 0 Å². The van der Waals surface area contributed by atoms with E-state index in [1.165, 1.54) is 12.8 Å². The van der Waals surface area contributed by atoms with Crippen LogP contribution in [0.25, 0.3) is 0 Å². The van der Waals surface area contributed by atoms with Gasteiger partial charge in [0, 0.05) is 12.6 Å². The van der Waals surface area contributed by atoms with Crippen molar-refractivity contribution in [2.24, 2.45) is 0 Å². The van der Waals surface area contributed by atoms with Crippen molar-refractivity contribution in [2.45, 2.75) is 32.2 Å². The summed E-state index contributed by atoms with van der Waals surface area (Å²) in [6, 6.07) is 0.603. The smallest absolute Gasteiger partial charge is 0.244 e. The summed E-state index contributed by atoms with van der Waals surface area (Å²) in [5.74, 6) is 1.43. The lowest BCUT2D eigenvalue weighted by Crippen LogP contribution is -2.09. The molecule has 0 bridgehead atoms. The van der Waals surface area contributed by atoms with Crippen LogP contribution in [0.3, 0.4) is 0 Å². The van der Waals surface area contributed by atoms with E-state index in [-0.39, 0.29) is 0 Å². The van der Waals surface area contributed by atoms with Crippen molar-refractivity contribution in [1.29, 1.82) is 0 Å². The maximum Gasteiger partial charge on any atom is 0.244 e. The minimum absolute atomic E-state index is 0.603. The average Bonchev–Trinajstić information content (AvgIpc) is 2.99. The van der Waals surface area contributed by atoms with Crippen LogP contribution >= 0.6 is 0 Å². The van der Waals surface area contributed by atoms with Gasteiger partial charge in [0.25, 0.3) is 0 Å². The second-order valence-corrected chi connectivity index (χ2v) is 3.51. The quantitative estimate of drug-likeness (QED) is 0.737. The largest absolute Gasteiger partial charge is 0.366 e. The summed E-state index contributed by atoms with van der Waals surface area (Å²) in [6.45, 7) is 2.99. The number of rotatable bonds is 5. The van der Waals surface area contributed by atoms with Crippen LogP contribution in [0.2, 0.25) is 0 Å². The molecule has 0 aromatic carbocycles. The van der Waals surface area contributed by atoms with E-state index in [1.807, 2.05) is 0 Å². The Morgan fingerprint density at radius 3 is 3.07 bits per heavy atom. The van der Waals surface area contributed by atoms with Crippen molar-refractivity contribution in [2.75, 3.05) is 17.2 Å². The van der Waals surface area contributed by atoms with E-state index in [1.54, 1.807) is 6.20 Å². The fourth-order valence-corrected chi connectivity index (χ4v) is 1.12. The van der Waals surface area contributed by atoms with Crippen LogP contribution in [0, 0.1) is 0 Å².